The first-order valence-corrected chi connectivity index (χ1v) is 5.90. The first kappa shape index (κ1) is 12.0. The molecule has 90 valence electrons. The minimum absolute atomic E-state index is 0.140. The van der Waals surface area contributed by atoms with Crippen molar-refractivity contribution >= 4 is 17.3 Å². The number of anilines is 1. The molecule has 0 radical (unpaired) electrons. The van der Waals surface area contributed by atoms with Crippen LogP contribution in [0, 0.1) is 5.82 Å². The number of nitrogens with one attached hydrogen (secondary N) is 1. The Hall–Kier alpha value is -1.48. The van der Waals surface area contributed by atoms with Crippen molar-refractivity contribution in [2.75, 3.05) is 5.32 Å². The van der Waals surface area contributed by atoms with Crippen LogP contribution in [-0.2, 0) is 13.1 Å². The normalized spacial score (nSPS) is 10.5. The summed E-state index contributed by atoms with van der Waals surface area (Å²) >= 11 is 5.70. The van der Waals surface area contributed by atoms with E-state index in [1.807, 2.05) is 6.20 Å². The standard InChI is InChI=1S/C13H14ClFN2/c1-2-17-6-5-10(9-17)8-16-11-3-4-13(15)12(14)7-11/h3-7,9,16H,2,8H2,1H3. The molecule has 17 heavy (non-hydrogen) atoms. The number of nitrogens with zero attached hydrogens (tertiary/aromatic N) is 1. The van der Waals surface area contributed by atoms with Crippen LogP contribution >= 0.6 is 11.6 Å². The molecule has 0 aliphatic carbocycles. The lowest BCUT2D eigenvalue weighted by atomic mass is 10.3. The Kier molecular flexibility index (Phi) is 3.69. The molecule has 2 nitrogen and oxygen atoms in total. The van der Waals surface area contributed by atoms with Crippen LogP contribution in [0.15, 0.2) is 36.7 Å². The largest absolute Gasteiger partial charge is 0.381 e. The van der Waals surface area contributed by atoms with Gasteiger partial charge in [0.15, 0.2) is 0 Å². The third-order valence-corrected chi connectivity index (χ3v) is 2.88. The number of halogens is 2. The summed E-state index contributed by atoms with van der Waals surface area (Å²) in [5.41, 5.74) is 2.01. The molecule has 0 bridgehead atoms. The number of rotatable bonds is 4. The first-order valence-electron chi connectivity index (χ1n) is 5.52. The number of aryl methyl sites for hydroxylation is 1. The van der Waals surface area contributed by atoms with Gasteiger partial charge in [0.25, 0.3) is 0 Å². The summed E-state index contributed by atoms with van der Waals surface area (Å²) in [6, 6.07) is 6.69. The number of hydrogen-bond acceptors (Lipinski definition) is 1. The summed E-state index contributed by atoms with van der Waals surface area (Å²) in [6.07, 6.45) is 4.12. The van der Waals surface area contributed by atoms with Crippen molar-refractivity contribution in [1.29, 1.82) is 0 Å². The maximum Gasteiger partial charge on any atom is 0.141 e. The van der Waals surface area contributed by atoms with Gasteiger partial charge in [0.1, 0.15) is 5.82 Å². The van der Waals surface area contributed by atoms with E-state index in [4.69, 9.17) is 11.6 Å². The zero-order chi connectivity index (χ0) is 12.3. The highest BCUT2D eigenvalue weighted by atomic mass is 35.5. The highest BCUT2D eigenvalue weighted by molar-refractivity contribution is 6.31. The second kappa shape index (κ2) is 5.23. The summed E-state index contributed by atoms with van der Waals surface area (Å²) < 4.78 is 15.1. The van der Waals surface area contributed by atoms with Gasteiger partial charge in [-0.1, -0.05) is 11.6 Å². The zero-order valence-corrected chi connectivity index (χ0v) is 10.3. The Balaban J connectivity index is 1.99. The molecule has 1 N–H and O–H groups in total. The van der Waals surface area contributed by atoms with Gasteiger partial charge in [0.05, 0.1) is 5.02 Å². The molecule has 0 aliphatic rings. The SMILES string of the molecule is CCn1ccc(CNc2ccc(F)c(Cl)c2)c1. The van der Waals surface area contributed by atoms with Gasteiger partial charge >= 0.3 is 0 Å². The number of hydrogen-bond donors (Lipinski definition) is 1. The van der Waals surface area contributed by atoms with Gasteiger partial charge in [-0.15, -0.1) is 0 Å². The van der Waals surface area contributed by atoms with Gasteiger partial charge in [0.2, 0.25) is 0 Å². The third kappa shape index (κ3) is 3.01. The maximum absolute atomic E-state index is 12.9. The molecule has 1 heterocycles. The fraction of sp³-hybridized carbons (Fsp3) is 0.231. The summed E-state index contributed by atoms with van der Waals surface area (Å²) in [5.74, 6) is -0.394. The summed E-state index contributed by atoms with van der Waals surface area (Å²) in [4.78, 5) is 0. The van der Waals surface area contributed by atoms with Gasteiger partial charge in [-0.05, 0) is 36.8 Å². The minimum Gasteiger partial charge on any atom is -0.381 e. The van der Waals surface area contributed by atoms with Crippen LogP contribution in [0.2, 0.25) is 5.02 Å². The molecule has 0 amide bonds. The quantitative estimate of drug-likeness (QED) is 0.873. The molecule has 1 aromatic carbocycles. The van der Waals surface area contributed by atoms with E-state index in [1.165, 1.54) is 11.6 Å². The minimum atomic E-state index is -0.394. The van der Waals surface area contributed by atoms with Crippen molar-refractivity contribution < 1.29 is 4.39 Å². The van der Waals surface area contributed by atoms with Crippen LogP contribution in [0.25, 0.3) is 0 Å². The Morgan fingerprint density at radius 2 is 2.18 bits per heavy atom. The van der Waals surface area contributed by atoms with Crippen LogP contribution in [0.5, 0.6) is 0 Å². The summed E-state index contributed by atoms with van der Waals surface area (Å²) in [6.45, 7) is 3.76. The average Bonchev–Trinajstić information content (AvgIpc) is 2.79. The summed E-state index contributed by atoms with van der Waals surface area (Å²) in [7, 11) is 0. The Morgan fingerprint density at radius 1 is 1.35 bits per heavy atom. The van der Waals surface area contributed by atoms with Crippen LogP contribution in [-0.4, -0.2) is 4.57 Å². The Bertz CT molecular complexity index is 508. The molecule has 0 spiro atoms. The highest BCUT2D eigenvalue weighted by Gasteiger charge is 2.01. The monoisotopic (exact) mass is 252 g/mol. The van der Waals surface area contributed by atoms with E-state index in [0.717, 1.165) is 12.2 Å². The molecule has 1 aromatic heterocycles. The van der Waals surface area contributed by atoms with E-state index in [0.29, 0.717) is 6.54 Å². The molecule has 0 aliphatic heterocycles. The number of benzene rings is 1. The maximum atomic E-state index is 12.9. The molecule has 0 unspecified atom stereocenters. The third-order valence-electron chi connectivity index (χ3n) is 2.59. The highest BCUT2D eigenvalue weighted by Crippen LogP contribution is 2.19. The fourth-order valence-corrected chi connectivity index (χ4v) is 1.78. The molecule has 0 atom stereocenters. The molecule has 2 rings (SSSR count). The van der Waals surface area contributed by atoms with Gasteiger partial charge in [0, 0.05) is 31.2 Å². The second-order valence-electron chi connectivity index (χ2n) is 3.83. The van der Waals surface area contributed by atoms with Gasteiger partial charge in [-0.2, -0.15) is 0 Å². The van der Waals surface area contributed by atoms with Crippen molar-refractivity contribution in [2.24, 2.45) is 0 Å². The van der Waals surface area contributed by atoms with Crippen molar-refractivity contribution in [2.45, 2.75) is 20.0 Å². The van der Waals surface area contributed by atoms with Crippen LogP contribution in [0.4, 0.5) is 10.1 Å². The molecule has 0 saturated heterocycles. The lowest BCUT2D eigenvalue weighted by molar-refractivity contribution is 0.628. The van der Waals surface area contributed by atoms with E-state index in [2.05, 4.69) is 29.1 Å². The van der Waals surface area contributed by atoms with E-state index >= 15 is 0 Å². The van der Waals surface area contributed by atoms with Gasteiger partial charge in [-0.25, -0.2) is 4.39 Å². The molecule has 0 fully saturated rings. The lowest BCUT2D eigenvalue weighted by Crippen LogP contribution is -1.98. The predicted octanol–water partition coefficient (Wildman–Crippen LogP) is 3.91. The molecular weight excluding hydrogens is 239 g/mol. The van der Waals surface area contributed by atoms with Crippen LogP contribution < -0.4 is 5.32 Å². The number of aromatic nitrogens is 1. The van der Waals surface area contributed by atoms with Crippen molar-refractivity contribution in [3.8, 4) is 0 Å². The first-order chi connectivity index (χ1) is 8.19. The second-order valence-corrected chi connectivity index (χ2v) is 4.24. The zero-order valence-electron chi connectivity index (χ0n) is 9.58. The van der Waals surface area contributed by atoms with Crippen molar-refractivity contribution in [3.63, 3.8) is 0 Å². The lowest BCUT2D eigenvalue weighted by Gasteiger charge is -2.05. The topological polar surface area (TPSA) is 17.0 Å². The fourth-order valence-electron chi connectivity index (χ4n) is 1.60. The van der Waals surface area contributed by atoms with E-state index in [9.17, 15) is 4.39 Å². The van der Waals surface area contributed by atoms with Gasteiger partial charge in [-0.3, -0.25) is 0 Å². The van der Waals surface area contributed by atoms with Crippen LogP contribution in [0.3, 0.4) is 0 Å². The smallest absolute Gasteiger partial charge is 0.141 e. The molecule has 4 heteroatoms. The Morgan fingerprint density at radius 3 is 2.82 bits per heavy atom. The average molecular weight is 253 g/mol. The van der Waals surface area contributed by atoms with Crippen molar-refractivity contribution in [1.82, 2.24) is 4.57 Å². The van der Waals surface area contributed by atoms with E-state index in [-0.39, 0.29) is 5.02 Å². The van der Waals surface area contributed by atoms with Gasteiger partial charge < -0.3 is 9.88 Å². The predicted molar refractivity (Wildman–Crippen MR) is 68.8 cm³/mol. The van der Waals surface area contributed by atoms with E-state index in [1.54, 1.807) is 12.1 Å². The van der Waals surface area contributed by atoms with Crippen LogP contribution in [0.1, 0.15) is 12.5 Å². The molecule has 0 saturated carbocycles. The molecular formula is C13H14ClFN2. The molecule has 2 aromatic rings. The Labute approximate surface area is 105 Å². The summed E-state index contributed by atoms with van der Waals surface area (Å²) in [5, 5.41) is 3.34. The van der Waals surface area contributed by atoms with Crippen molar-refractivity contribution in [3.05, 3.63) is 53.1 Å². The van der Waals surface area contributed by atoms with E-state index < -0.39 is 5.82 Å².